The Bertz CT molecular complexity index is 381. The molecule has 2 amide bonds. The summed E-state index contributed by atoms with van der Waals surface area (Å²) in [5.74, 6) is 0.430. The lowest BCUT2D eigenvalue weighted by Crippen LogP contribution is -2.46. The minimum Gasteiger partial charge on any atom is -0.479 e. The van der Waals surface area contributed by atoms with E-state index < -0.39 is 12.1 Å². The van der Waals surface area contributed by atoms with Gasteiger partial charge in [-0.3, -0.25) is 0 Å². The summed E-state index contributed by atoms with van der Waals surface area (Å²) in [6.45, 7) is 0.387. The van der Waals surface area contributed by atoms with Gasteiger partial charge in [-0.15, -0.1) is 0 Å². The maximum absolute atomic E-state index is 11.9. The molecule has 3 fully saturated rings. The van der Waals surface area contributed by atoms with Gasteiger partial charge in [0.25, 0.3) is 0 Å². The molecule has 3 aliphatic rings. The van der Waals surface area contributed by atoms with Crippen molar-refractivity contribution in [1.82, 2.24) is 10.6 Å². The number of amides is 2. The van der Waals surface area contributed by atoms with E-state index in [1.165, 1.54) is 25.7 Å². The third-order valence-corrected chi connectivity index (χ3v) is 4.43. The SMILES string of the molecule is O=C(NCC1CCC(C(=O)O)O1)NC(C1CC1)C1CC1. The quantitative estimate of drug-likeness (QED) is 0.681. The number of carbonyl (C=O) groups excluding carboxylic acids is 1. The van der Waals surface area contributed by atoms with Crippen LogP contribution in [0.5, 0.6) is 0 Å². The molecule has 6 nitrogen and oxygen atoms in total. The number of hydrogen-bond acceptors (Lipinski definition) is 3. The van der Waals surface area contributed by atoms with Gasteiger partial charge in [-0.25, -0.2) is 9.59 Å². The molecule has 0 bridgehead atoms. The van der Waals surface area contributed by atoms with Crippen molar-refractivity contribution in [3.8, 4) is 0 Å². The Morgan fingerprint density at radius 1 is 1.10 bits per heavy atom. The van der Waals surface area contributed by atoms with E-state index in [-0.39, 0.29) is 12.1 Å². The summed E-state index contributed by atoms with van der Waals surface area (Å²) in [6, 6.07) is 0.197. The van der Waals surface area contributed by atoms with Crippen LogP contribution in [-0.4, -0.2) is 41.9 Å². The van der Waals surface area contributed by atoms with E-state index >= 15 is 0 Å². The minimum absolute atomic E-state index is 0.142. The predicted octanol–water partition coefficient (Wildman–Crippen LogP) is 1.11. The second-order valence-electron chi connectivity index (χ2n) is 6.22. The summed E-state index contributed by atoms with van der Waals surface area (Å²) in [7, 11) is 0. The first-order valence-corrected chi connectivity index (χ1v) is 7.56. The van der Waals surface area contributed by atoms with Crippen molar-refractivity contribution in [2.75, 3.05) is 6.54 Å². The smallest absolute Gasteiger partial charge is 0.332 e. The Kier molecular flexibility index (Phi) is 3.83. The molecule has 3 N–H and O–H groups in total. The highest BCUT2D eigenvalue weighted by Gasteiger charge is 2.42. The summed E-state index contributed by atoms with van der Waals surface area (Å²) < 4.78 is 5.36. The zero-order chi connectivity index (χ0) is 14.1. The standard InChI is InChI=1S/C14H22N2O4/c17-13(18)11-6-5-10(20-11)7-15-14(19)16-12(8-1-2-8)9-3-4-9/h8-12H,1-7H2,(H,17,18)(H2,15,16,19). The fraction of sp³-hybridized carbons (Fsp3) is 0.857. The van der Waals surface area contributed by atoms with E-state index in [4.69, 9.17) is 9.84 Å². The predicted molar refractivity (Wildman–Crippen MR) is 71.3 cm³/mol. The van der Waals surface area contributed by atoms with Crippen LogP contribution in [0.15, 0.2) is 0 Å². The number of carboxylic acid groups (broad SMARTS) is 1. The number of ether oxygens (including phenoxy) is 1. The maximum Gasteiger partial charge on any atom is 0.332 e. The van der Waals surface area contributed by atoms with Gasteiger partial charge in [-0.1, -0.05) is 0 Å². The largest absolute Gasteiger partial charge is 0.479 e. The zero-order valence-corrected chi connectivity index (χ0v) is 11.5. The van der Waals surface area contributed by atoms with E-state index in [1.54, 1.807) is 0 Å². The van der Waals surface area contributed by atoms with E-state index in [2.05, 4.69) is 10.6 Å². The van der Waals surface area contributed by atoms with Gasteiger partial charge in [0.15, 0.2) is 6.10 Å². The fourth-order valence-corrected chi connectivity index (χ4v) is 2.98. The number of rotatable bonds is 6. The van der Waals surface area contributed by atoms with Crippen LogP contribution < -0.4 is 10.6 Å². The molecule has 2 unspecified atom stereocenters. The first-order valence-electron chi connectivity index (χ1n) is 7.56. The number of hydrogen-bond donors (Lipinski definition) is 3. The molecule has 2 atom stereocenters. The highest BCUT2D eigenvalue weighted by molar-refractivity contribution is 5.74. The Morgan fingerprint density at radius 2 is 1.75 bits per heavy atom. The van der Waals surface area contributed by atoms with Crippen LogP contribution in [0.2, 0.25) is 0 Å². The number of urea groups is 1. The summed E-state index contributed by atoms with van der Waals surface area (Å²) in [6.07, 6.45) is 5.24. The minimum atomic E-state index is -0.917. The molecule has 1 saturated heterocycles. The maximum atomic E-state index is 11.9. The molecule has 3 rings (SSSR count). The van der Waals surface area contributed by atoms with E-state index in [1.807, 2.05) is 0 Å². The Labute approximate surface area is 118 Å². The van der Waals surface area contributed by atoms with Crippen LogP contribution in [0, 0.1) is 11.8 Å². The summed E-state index contributed by atoms with van der Waals surface area (Å²) in [5, 5.41) is 14.7. The molecular weight excluding hydrogens is 260 g/mol. The number of carboxylic acids is 1. The van der Waals surface area contributed by atoms with Crippen molar-refractivity contribution in [3.05, 3.63) is 0 Å². The molecule has 2 saturated carbocycles. The summed E-state index contributed by atoms with van der Waals surface area (Å²) >= 11 is 0. The van der Waals surface area contributed by atoms with E-state index in [0.29, 0.717) is 37.3 Å². The molecule has 2 aliphatic carbocycles. The molecule has 1 heterocycles. The Morgan fingerprint density at radius 3 is 2.25 bits per heavy atom. The molecule has 0 radical (unpaired) electrons. The van der Waals surface area contributed by atoms with Gasteiger partial charge in [-0.05, 0) is 50.4 Å². The first kappa shape index (κ1) is 13.7. The Balaban J connectivity index is 1.37. The van der Waals surface area contributed by atoms with Crippen molar-refractivity contribution in [2.24, 2.45) is 11.8 Å². The summed E-state index contributed by atoms with van der Waals surface area (Å²) in [4.78, 5) is 22.7. The van der Waals surface area contributed by atoms with Crippen LogP contribution >= 0.6 is 0 Å². The van der Waals surface area contributed by atoms with Gasteiger partial charge < -0.3 is 20.5 Å². The van der Waals surface area contributed by atoms with Crippen LogP contribution in [0.1, 0.15) is 38.5 Å². The average Bonchev–Trinajstić information content (AvgIpc) is 3.32. The van der Waals surface area contributed by atoms with Crippen LogP contribution in [0.4, 0.5) is 4.79 Å². The third kappa shape index (κ3) is 3.42. The average molecular weight is 282 g/mol. The topological polar surface area (TPSA) is 87.7 Å². The molecular formula is C14H22N2O4. The van der Waals surface area contributed by atoms with E-state index in [0.717, 1.165) is 0 Å². The highest BCUT2D eigenvalue weighted by Crippen LogP contribution is 2.44. The van der Waals surface area contributed by atoms with Gasteiger partial charge in [0.05, 0.1) is 6.10 Å². The van der Waals surface area contributed by atoms with Crippen molar-refractivity contribution in [2.45, 2.75) is 56.8 Å². The van der Waals surface area contributed by atoms with Crippen LogP contribution in [-0.2, 0) is 9.53 Å². The van der Waals surface area contributed by atoms with Crippen molar-refractivity contribution in [1.29, 1.82) is 0 Å². The first-order chi connectivity index (χ1) is 9.63. The third-order valence-electron chi connectivity index (χ3n) is 4.43. The molecule has 20 heavy (non-hydrogen) atoms. The number of carbonyl (C=O) groups is 2. The summed E-state index contributed by atoms with van der Waals surface area (Å²) in [5.41, 5.74) is 0. The molecule has 0 aromatic heterocycles. The van der Waals surface area contributed by atoms with Crippen LogP contribution in [0.25, 0.3) is 0 Å². The lowest BCUT2D eigenvalue weighted by atomic mass is 10.1. The molecule has 6 heteroatoms. The second kappa shape index (κ2) is 5.60. The van der Waals surface area contributed by atoms with Gasteiger partial charge in [-0.2, -0.15) is 0 Å². The van der Waals surface area contributed by atoms with Crippen molar-refractivity contribution >= 4 is 12.0 Å². The van der Waals surface area contributed by atoms with Crippen LogP contribution in [0.3, 0.4) is 0 Å². The van der Waals surface area contributed by atoms with Gasteiger partial charge in [0, 0.05) is 12.6 Å². The number of nitrogens with one attached hydrogen (secondary N) is 2. The van der Waals surface area contributed by atoms with Crippen molar-refractivity contribution in [3.63, 3.8) is 0 Å². The lowest BCUT2D eigenvalue weighted by molar-refractivity contribution is -0.149. The molecule has 1 aliphatic heterocycles. The second-order valence-corrected chi connectivity index (χ2v) is 6.22. The molecule has 112 valence electrons. The fourth-order valence-electron chi connectivity index (χ4n) is 2.98. The van der Waals surface area contributed by atoms with Gasteiger partial charge >= 0.3 is 12.0 Å². The van der Waals surface area contributed by atoms with E-state index in [9.17, 15) is 9.59 Å². The number of aliphatic carboxylic acids is 1. The zero-order valence-electron chi connectivity index (χ0n) is 11.5. The van der Waals surface area contributed by atoms with Crippen molar-refractivity contribution < 1.29 is 19.4 Å². The monoisotopic (exact) mass is 282 g/mol. The molecule has 0 aromatic rings. The lowest BCUT2D eigenvalue weighted by Gasteiger charge is -2.19. The van der Waals surface area contributed by atoms with Gasteiger partial charge in [0.1, 0.15) is 0 Å². The van der Waals surface area contributed by atoms with Gasteiger partial charge in [0.2, 0.25) is 0 Å². The Hall–Kier alpha value is -1.30. The normalized spacial score (nSPS) is 29.4. The highest BCUT2D eigenvalue weighted by atomic mass is 16.5. The molecule has 0 aromatic carbocycles. The molecule has 0 spiro atoms.